The maximum Gasteiger partial charge on any atom is 0.163 e. The average Bonchev–Trinajstić information content (AvgIpc) is 2.70. The minimum absolute atomic E-state index is 0.0764. The van der Waals surface area contributed by atoms with Crippen LogP contribution in [0.1, 0.15) is 13.8 Å². The van der Waals surface area contributed by atoms with Crippen molar-refractivity contribution in [2.24, 2.45) is 5.92 Å². The topological polar surface area (TPSA) is 51.2 Å². The average molecular weight is 215 g/mol. The van der Waals surface area contributed by atoms with Gasteiger partial charge < -0.3 is 14.6 Å². The number of ether oxygens (including phenoxy) is 2. The molecule has 2 heterocycles. The van der Waals surface area contributed by atoms with Crippen LogP contribution >= 0.6 is 0 Å². The number of likely N-dealkylation sites (N-methyl/N-ethyl adjacent to an activating group) is 1. The molecule has 0 aromatic rings. The minimum atomic E-state index is -0.593. The van der Waals surface area contributed by atoms with E-state index in [9.17, 15) is 5.11 Å². The molecule has 86 valence electrons. The van der Waals surface area contributed by atoms with Gasteiger partial charge in [0.15, 0.2) is 5.79 Å². The van der Waals surface area contributed by atoms with Crippen LogP contribution in [0.2, 0.25) is 0 Å². The molecule has 5 atom stereocenters. The Labute approximate surface area is 88.9 Å². The van der Waals surface area contributed by atoms with Crippen LogP contribution in [0.15, 0.2) is 0 Å². The first kappa shape index (κ1) is 9.99. The lowest BCUT2D eigenvalue weighted by atomic mass is 10.0. The van der Waals surface area contributed by atoms with Crippen LogP contribution < -0.4 is 0 Å². The van der Waals surface area contributed by atoms with E-state index in [1.807, 2.05) is 20.9 Å². The van der Waals surface area contributed by atoms with Gasteiger partial charge >= 0.3 is 0 Å². The van der Waals surface area contributed by atoms with E-state index >= 15 is 0 Å². The molecule has 2 unspecified atom stereocenters. The van der Waals surface area contributed by atoms with Crippen molar-refractivity contribution in [3.05, 3.63) is 0 Å². The van der Waals surface area contributed by atoms with Gasteiger partial charge in [0.05, 0.1) is 18.8 Å². The van der Waals surface area contributed by atoms with Crippen LogP contribution in [0.25, 0.3) is 0 Å². The molecule has 15 heavy (non-hydrogen) atoms. The monoisotopic (exact) mass is 215 g/mol. The van der Waals surface area contributed by atoms with Crippen molar-refractivity contribution in [2.75, 3.05) is 13.7 Å². The van der Waals surface area contributed by atoms with Crippen molar-refractivity contribution in [3.8, 4) is 0 Å². The van der Waals surface area contributed by atoms with Crippen molar-refractivity contribution < 1.29 is 19.4 Å². The third kappa shape index (κ3) is 1.28. The molecule has 3 rings (SSSR count). The lowest BCUT2D eigenvalue weighted by Crippen LogP contribution is -2.39. The fourth-order valence-electron chi connectivity index (χ4n) is 3.00. The number of nitrogens with zero attached hydrogens (tertiary/aromatic N) is 1. The molecule has 5 nitrogen and oxygen atoms in total. The fraction of sp³-hybridized carbons (Fsp3) is 1.00. The van der Waals surface area contributed by atoms with E-state index in [0.717, 1.165) is 0 Å². The molecule has 0 aromatic carbocycles. The second-order valence-electron chi connectivity index (χ2n) is 5.05. The molecule has 0 amide bonds. The molecule has 1 N–H and O–H groups in total. The Balaban J connectivity index is 1.89. The third-order valence-corrected chi connectivity index (χ3v) is 3.60. The molecule has 1 aliphatic carbocycles. The Bertz CT molecular complexity index is 283. The summed E-state index contributed by atoms with van der Waals surface area (Å²) in [6.45, 7) is 4.31. The summed E-state index contributed by atoms with van der Waals surface area (Å²) in [7, 11) is 1.88. The van der Waals surface area contributed by atoms with Crippen LogP contribution in [0.4, 0.5) is 0 Å². The van der Waals surface area contributed by atoms with E-state index in [0.29, 0.717) is 6.61 Å². The largest absolute Gasteiger partial charge is 0.390 e. The predicted octanol–water partition coefficient (Wildman–Crippen LogP) is -0.257. The van der Waals surface area contributed by atoms with Crippen LogP contribution in [0.3, 0.4) is 0 Å². The van der Waals surface area contributed by atoms with Crippen LogP contribution in [0.5, 0.6) is 0 Å². The fourth-order valence-corrected chi connectivity index (χ4v) is 3.00. The van der Waals surface area contributed by atoms with Gasteiger partial charge in [-0.1, -0.05) is 0 Å². The number of hydrogen-bond donors (Lipinski definition) is 1. The molecular weight excluding hydrogens is 198 g/mol. The highest BCUT2D eigenvalue weighted by molar-refractivity contribution is 5.08. The van der Waals surface area contributed by atoms with E-state index in [1.54, 1.807) is 5.06 Å². The van der Waals surface area contributed by atoms with Gasteiger partial charge in [0.1, 0.15) is 12.2 Å². The number of aliphatic hydroxyl groups is 1. The zero-order valence-electron chi connectivity index (χ0n) is 9.21. The first-order valence-corrected chi connectivity index (χ1v) is 5.39. The number of fused-ring (bicyclic) bond motifs is 3. The first-order chi connectivity index (χ1) is 6.99. The Hall–Kier alpha value is -0.200. The quantitative estimate of drug-likeness (QED) is 0.603. The van der Waals surface area contributed by atoms with Crippen LogP contribution in [-0.4, -0.2) is 54.0 Å². The molecule has 3 fully saturated rings. The van der Waals surface area contributed by atoms with E-state index in [-0.39, 0.29) is 24.2 Å². The summed E-state index contributed by atoms with van der Waals surface area (Å²) in [4.78, 5) is 5.40. The Morgan fingerprint density at radius 3 is 2.67 bits per heavy atom. The summed E-state index contributed by atoms with van der Waals surface area (Å²) in [6.07, 6.45) is -0.763. The Kier molecular flexibility index (Phi) is 1.95. The molecule has 2 saturated heterocycles. The van der Waals surface area contributed by atoms with Gasteiger partial charge in [0.25, 0.3) is 0 Å². The lowest BCUT2D eigenvalue weighted by Gasteiger charge is -2.24. The third-order valence-electron chi connectivity index (χ3n) is 3.60. The maximum atomic E-state index is 10.1. The molecule has 0 spiro atoms. The zero-order valence-corrected chi connectivity index (χ0v) is 9.21. The lowest BCUT2D eigenvalue weighted by molar-refractivity contribution is -0.177. The highest BCUT2D eigenvalue weighted by Gasteiger charge is 2.62. The summed E-state index contributed by atoms with van der Waals surface area (Å²) >= 11 is 0. The Morgan fingerprint density at radius 2 is 1.93 bits per heavy atom. The molecule has 1 saturated carbocycles. The van der Waals surface area contributed by atoms with Gasteiger partial charge in [0, 0.05) is 13.0 Å². The number of rotatable bonds is 0. The Morgan fingerprint density at radius 1 is 1.27 bits per heavy atom. The summed E-state index contributed by atoms with van der Waals surface area (Å²) in [6, 6.07) is 0.117. The van der Waals surface area contributed by atoms with Gasteiger partial charge in [-0.25, -0.2) is 0 Å². The van der Waals surface area contributed by atoms with Crippen LogP contribution in [-0.2, 0) is 14.3 Å². The SMILES string of the molecule is CN1OCC2C1[C@H]1OC(C)(C)O[C@H]1[C@H]2O. The molecule has 0 bridgehead atoms. The summed E-state index contributed by atoms with van der Waals surface area (Å²) in [5, 5.41) is 11.9. The standard InChI is InChI=1S/C10H17NO4/c1-10(2)14-8-6-5(4-13-11(6)3)7(12)9(8)15-10/h5-9,12H,4H2,1-3H3/t5?,6?,7-,8+,9-/m0/s1. The first-order valence-electron chi connectivity index (χ1n) is 5.39. The highest BCUT2D eigenvalue weighted by Crippen LogP contribution is 2.45. The van der Waals surface area contributed by atoms with Gasteiger partial charge in [-0.15, -0.1) is 0 Å². The molecule has 0 radical (unpaired) electrons. The minimum Gasteiger partial charge on any atom is -0.390 e. The van der Waals surface area contributed by atoms with E-state index in [4.69, 9.17) is 14.3 Å². The normalized spacial score (nSPS) is 53.2. The molecule has 5 heteroatoms. The van der Waals surface area contributed by atoms with Gasteiger partial charge in [0.2, 0.25) is 0 Å². The second-order valence-corrected chi connectivity index (χ2v) is 5.05. The van der Waals surface area contributed by atoms with E-state index in [1.165, 1.54) is 0 Å². The van der Waals surface area contributed by atoms with Crippen molar-refractivity contribution in [1.29, 1.82) is 0 Å². The van der Waals surface area contributed by atoms with E-state index in [2.05, 4.69) is 0 Å². The molecule has 2 aliphatic heterocycles. The molecule has 0 aromatic heterocycles. The van der Waals surface area contributed by atoms with Crippen molar-refractivity contribution in [2.45, 2.75) is 44.0 Å². The highest BCUT2D eigenvalue weighted by atomic mass is 16.8. The van der Waals surface area contributed by atoms with Crippen LogP contribution in [0, 0.1) is 5.92 Å². The van der Waals surface area contributed by atoms with Gasteiger partial charge in [-0.05, 0) is 13.8 Å². The van der Waals surface area contributed by atoms with Crippen molar-refractivity contribution >= 4 is 0 Å². The van der Waals surface area contributed by atoms with Gasteiger partial charge in [-0.2, -0.15) is 5.06 Å². The number of hydrogen-bond acceptors (Lipinski definition) is 5. The summed E-state index contributed by atoms with van der Waals surface area (Å²) in [5.41, 5.74) is 0. The molecule has 3 aliphatic rings. The number of hydroxylamine groups is 2. The van der Waals surface area contributed by atoms with Crippen molar-refractivity contribution in [1.82, 2.24) is 5.06 Å². The number of aliphatic hydroxyl groups excluding tert-OH is 1. The maximum absolute atomic E-state index is 10.1. The summed E-state index contributed by atoms with van der Waals surface area (Å²) < 4.78 is 11.5. The molecular formula is C10H17NO4. The van der Waals surface area contributed by atoms with E-state index < -0.39 is 11.9 Å². The zero-order chi connectivity index (χ0) is 10.8. The predicted molar refractivity (Wildman–Crippen MR) is 50.8 cm³/mol. The smallest absolute Gasteiger partial charge is 0.163 e. The second kappa shape index (κ2) is 2.93. The summed E-state index contributed by atoms with van der Waals surface area (Å²) in [5.74, 6) is -0.480. The van der Waals surface area contributed by atoms with Gasteiger partial charge in [-0.3, -0.25) is 4.84 Å². The van der Waals surface area contributed by atoms with Crippen molar-refractivity contribution in [3.63, 3.8) is 0 Å².